The third kappa shape index (κ3) is 4.43. The van der Waals surface area contributed by atoms with Crippen LogP contribution >= 0.6 is 22.6 Å². The normalized spacial score (nSPS) is 16.1. The minimum atomic E-state index is 0.0278. The average molecular weight is 388 g/mol. The predicted octanol–water partition coefficient (Wildman–Crippen LogP) is 2.05. The maximum absolute atomic E-state index is 12.1. The van der Waals surface area contributed by atoms with Crippen molar-refractivity contribution >= 4 is 28.5 Å². The lowest BCUT2D eigenvalue weighted by atomic mass is 10.1. The van der Waals surface area contributed by atoms with Gasteiger partial charge in [0.2, 0.25) is 0 Å². The van der Waals surface area contributed by atoms with Gasteiger partial charge >= 0.3 is 0 Å². The van der Waals surface area contributed by atoms with Crippen molar-refractivity contribution in [1.29, 1.82) is 0 Å². The summed E-state index contributed by atoms with van der Waals surface area (Å²) in [6, 6.07) is 5.84. The van der Waals surface area contributed by atoms with E-state index in [1.165, 1.54) is 0 Å². The number of carbonyl (C=O) groups is 1. The number of rotatable bonds is 5. The molecule has 1 heterocycles. The van der Waals surface area contributed by atoms with Crippen LogP contribution in [-0.4, -0.2) is 50.2 Å². The molecule has 0 saturated carbocycles. The summed E-state index contributed by atoms with van der Waals surface area (Å²) >= 11 is 2.23. The first-order valence-corrected chi connectivity index (χ1v) is 8.10. The van der Waals surface area contributed by atoms with Crippen molar-refractivity contribution in [3.8, 4) is 0 Å². The number of amides is 1. The van der Waals surface area contributed by atoms with E-state index in [9.17, 15) is 4.79 Å². The lowest BCUT2D eigenvalue weighted by Crippen LogP contribution is -2.38. The largest absolute Gasteiger partial charge is 0.379 e. The van der Waals surface area contributed by atoms with E-state index in [-0.39, 0.29) is 5.91 Å². The Bertz CT molecular complexity index is 459. The van der Waals surface area contributed by atoms with Gasteiger partial charge in [-0.2, -0.15) is 0 Å². The van der Waals surface area contributed by atoms with Crippen molar-refractivity contribution in [3.05, 3.63) is 32.9 Å². The SMILES string of the molecule is Cc1cccc(C(=O)NCCCN2CCOCC2)c1I. The van der Waals surface area contributed by atoms with E-state index in [0.717, 1.165) is 60.5 Å². The Morgan fingerprint density at radius 3 is 2.90 bits per heavy atom. The number of carbonyl (C=O) groups excluding carboxylic acids is 1. The number of ether oxygens (including phenoxy) is 1. The number of morpholine rings is 1. The summed E-state index contributed by atoms with van der Waals surface area (Å²) in [5, 5.41) is 3.00. The van der Waals surface area contributed by atoms with Gasteiger partial charge in [0.25, 0.3) is 5.91 Å². The van der Waals surface area contributed by atoms with Crippen molar-refractivity contribution in [1.82, 2.24) is 10.2 Å². The van der Waals surface area contributed by atoms with Crippen LogP contribution in [-0.2, 0) is 4.74 Å². The molecule has 1 aliphatic rings. The van der Waals surface area contributed by atoms with E-state index >= 15 is 0 Å². The molecule has 0 atom stereocenters. The molecule has 1 saturated heterocycles. The van der Waals surface area contributed by atoms with Gasteiger partial charge in [-0.1, -0.05) is 12.1 Å². The smallest absolute Gasteiger partial charge is 0.252 e. The molecule has 0 bridgehead atoms. The second-order valence-corrected chi connectivity index (χ2v) is 6.08. The zero-order valence-corrected chi connectivity index (χ0v) is 14.0. The molecule has 1 fully saturated rings. The van der Waals surface area contributed by atoms with Gasteiger partial charge in [-0.05, 0) is 54.1 Å². The first-order chi connectivity index (χ1) is 9.68. The van der Waals surface area contributed by atoms with Gasteiger partial charge in [0.05, 0.1) is 18.8 Å². The van der Waals surface area contributed by atoms with Crippen LogP contribution in [0.5, 0.6) is 0 Å². The molecule has 0 unspecified atom stereocenters. The minimum Gasteiger partial charge on any atom is -0.379 e. The Labute approximate surface area is 134 Å². The highest BCUT2D eigenvalue weighted by atomic mass is 127. The molecule has 110 valence electrons. The van der Waals surface area contributed by atoms with Crippen molar-refractivity contribution in [3.63, 3.8) is 0 Å². The second-order valence-electron chi connectivity index (χ2n) is 5.00. The first kappa shape index (κ1) is 15.7. The van der Waals surface area contributed by atoms with Crippen LogP contribution in [0.2, 0.25) is 0 Å². The maximum Gasteiger partial charge on any atom is 0.252 e. The monoisotopic (exact) mass is 388 g/mol. The van der Waals surface area contributed by atoms with E-state index < -0.39 is 0 Å². The summed E-state index contributed by atoms with van der Waals surface area (Å²) in [5.74, 6) is 0.0278. The molecule has 0 aliphatic carbocycles. The molecule has 1 amide bonds. The summed E-state index contributed by atoms with van der Waals surface area (Å²) in [7, 11) is 0. The lowest BCUT2D eigenvalue weighted by molar-refractivity contribution is 0.0374. The molecular weight excluding hydrogens is 367 g/mol. The van der Waals surface area contributed by atoms with Crippen LogP contribution in [0.3, 0.4) is 0 Å². The standard InChI is InChI=1S/C15H21IN2O2/c1-12-4-2-5-13(14(12)16)15(19)17-6-3-7-18-8-10-20-11-9-18/h2,4-5H,3,6-11H2,1H3,(H,17,19). The molecule has 4 nitrogen and oxygen atoms in total. The van der Waals surface area contributed by atoms with Gasteiger partial charge in [-0.15, -0.1) is 0 Å². The van der Waals surface area contributed by atoms with E-state index in [0.29, 0.717) is 0 Å². The molecule has 0 aromatic heterocycles. The highest BCUT2D eigenvalue weighted by Crippen LogP contribution is 2.16. The molecule has 2 rings (SSSR count). The van der Waals surface area contributed by atoms with E-state index in [1.54, 1.807) is 0 Å². The highest BCUT2D eigenvalue weighted by molar-refractivity contribution is 14.1. The fourth-order valence-corrected chi connectivity index (χ4v) is 2.85. The molecule has 1 N–H and O–H groups in total. The predicted molar refractivity (Wildman–Crippen MR) is 88.1 cm³/mol. The summed E-state index contributed by atoms with van der Waals surface area (Å²) in [5.41, 5.74) is 1.92. The molecule has 20 heavy (non-hydrogen) atoms. The third-order valence-corrected chi connectivity index (χ3v) is 4.91. The summed E-state index contributed by atoms with van der Waals surface area (Å²) < 4.78 is 6.35. The molecule has 0 spiro atoms. The summed E-state index contributed by atoms with van der Waals surface area (Å²) in [4.78, 5) is 14.5. The maximum atomic E-state index is 12.1. The molecule has 0 radical (unpaired) electrons. The Morgan fingerprint density at radius 1 is 1.40 bits per heavy atom. The van der Waals surface area contributed by atoms with Crippen LogP contribution in [0, 0.1) is 10.5 Å². The Kier molecular flexibility index (Phi) is 6.25. The number of hydrogen-bond acceptors (Lipinski definition) is 3. The Morgan fingerprint density at radius 2 is 2.15 bits per heavy atom. The van der Waals surface area contributed by atoms with Gasteiger partial charge in [-0.25, -0.2) is 0 Å². The fourth-order valence-electron chi connectivity index (χ4n) is 2.25. The fraction of sp³-hybridized carbons (Fsp3) is 0.533. The molecule has 1 aliphatic heterocycles. The van der Waals surface area contributed by atoms with E-state index in [4.69, 9.17) is 4.74 Å². The van der Waals surface area contributed by atoms with E-state index in [2.05, 4.69) is 32.8 Å². The zero-order valence-electron chi connectivity index (χ0n) is 11.8. The van der Waals surface area contributed by atoms with Gasteiger partial charge in [-0.3, -0.25) is 9.69 Å². The number of aryl methyl sites for hydroxylation is 1. The van der Waals surface area contributed by atoms with Crippen LogP contribution < -0.4 is 5.32 Å². The summed E-state index contributed by atoms with van der Waals surface area (Å²) in [6.07, 6.45) is 0.980. The van der Waals surface area contributed by atoms with Crippen molar-refractivity contribution < 1.29 is 9.53 Å². The van der Waals surface area contributed by atoms with Crippen LogP contribution in [0.15, 0.2) is 18.2 Å². The lowest BCUT2D eigenvalue weighted by Gasteiger charge is -2.26. The van der Waals surface area contributed by atoms with Gasteiger partial charge in [0.15, 0.2) is 0 Å². The minimum absolute atomic E-state index is 0.0278. The van der Waals surface area contributed by atoms with Gasteiger partial charge < -0.3 is 10.1 Å². The topological polar surface area (TPSA) is 41.6 Å². The number of benzene rings is 1. The zero-order chi connectivity index (χ0) is 14.4. The van der Waals surface area contributed by atoms with Crippen LogP contribution in [0.1, 0.15) is 22.3 Å². The Balaban J connectivity index is 1.73. The van der Waals surface area contributed by atoms with Crippen LogP contribution in [0.4, 0.5) is 0 Å². The molecule has 1 aromatic carbocycles. The quantitative estimate of drug-likeness (QED) is 0.620. The summed E-state index contributed by atoms with van der Waals surface area (Å²) in [6.45, 7) is 7.43. The average Bonchev–Trinajstić information content (AvgIpc) is 2.47. The van der Waals surface area contributed by atoms with Gasteiger partial charge in [0, 0.05) is 23.2 Å². The molecule has 5 heteroatoms. The van der Waals surface area contributed by atoms with Crippen molar-refractivity contribution in [2.45, 2.75) is 13.3 Å². The highest BCUT2D eigenvalue weighted by Gasteiger charge is 2.12. The number of nitrogens with zero attached hydrogens (tertiary/aromatic N) is 1. The molecule has 1 aromatic rings. The number of nitrogens with one attached hydrogen (secondary N) is 1. The molecular formula is C15H21IN2O2. The van der Waals surface area contributed by atoms with Crippen molar-refractivity contribution in [2.24, 2.45) is 0 Å². The van der Waals surface area contributed by atoms with Crippen LogP contribution in [0.25, 0.3) is 0 Å². The third-order valence-electron chi connectivity index (χ3n) is 3.48. The first-order valence-electron chi connectivity index (χ1n) is 7.02. The Hall–Kier alpha value is -0.660. The number of hydrogen-bond donors (Lipinski definition) is 1. The van der Waals surface area contributed by atoms with Gasteiger partial charge in [0.1, 0.15) is 0 Å². The van der Waals surface area contributed by atoms with E-state index in [1.807, 2.05) is 25.1 Å². The second kappa shape index (κ2) is 7.95. The van der Waals surface area contributed by atoms with Crippen molar-refractivity contribution in [2.75, 3.05) is 39.4 Å². The number of halogens is 1.